The van der Waals surface area contributed by atoms with E-state index in [0.717, 1.165) is 12.2 Å². The van der Waals surface area contributed by atoms with Gasteiger partial charge in [-0.25, -0.2) is 0 Å². The van der Waals surface area contributed by atoms with Crippen molar-refractivity contribution in [1.82, 2.24) is 0 Å². The predicted molar refractivity (Wildman–Crippen MR) is 89.7 cm³/mol. The molecule has 0 saturated carbocycles. The van der Waals surface area contributed by atoms with Gasteiger partial charge in [-0.2, -0.15) is 0 Å². The van der Waals surface area contributed by atoms with Crippen LogP contribution in [0.1, 0.15) is 23.7 Å². The molecule has 5 heteroatoms. The summed E-state index contributed by atoms with van der Waals surface area (Å²) in [4.78, 5) is 12.4. The van der Waals surface area contributed by atoms with Crippen molar-refractivity contribution < 1.29 is 19.0 Å². The summed E-state index contributed by atoms with van der Waals surface area (Å²) in [6, 6.07) is 12.3. The van der Waals surface area contributed by atoms with Gasteiger partial charge in [-0.1, -0.05) is 6.92 Å². The lowest BCUT2D eigenvalue weighted by atomic mass is 10.1. The normalized spacial score (nSPS) is 10.0. The molecule has 0 atom stereocenters. The molecule has 0 heterocycles. The molecule has 0 spiro atoms. The van der Waals surface area contributed by atoms with Gasteiger partial charge in [0, 0.05) is 11.8 Å². The maximum absolute atomic E-state index is 12.4. The highest BCUT2D eigenvalue weighted by Crippen LogP contribution is 2.25. The fourth-order valence-electron chi connectivity index (χ4n) is 2.04. The summed E-state index contributed by atoms with van der Waals surface area (Å²) in [5, 5.41) is 2.84. The van der Waals surface area contributed by atoms with E-state index in [-0.39, 0.29) is 5.91 Å². The molecule has 0 fully saturated rings. The maximum atomic E-state index is 12.4. The SMILES string of the molecule is CCCOc1ccc(NC(=O)c2ccc(OC)cc2OC)cc1. The van der Waals surface area contributed by atoms with Gasteiger partial charge in [-0.3, -0.25) is 4.79 Å². The lowest BCUT2D eigenvalue weighted by molar-refractivity contribution is 0.102. The molecule has 0 radical (unpaired) electrons. The molecular weight excluding hydrogens is 294 g/mol. The molecule has 5 nitrogen and oxygen atoms in total. The number of benzene rings is 2. The van der Waals surface area contributed by atoms with E-state index in [2.05, 4.69) is 12.2 Å². The van der Waals surface area contributed by atoms with Crippen molar-refractivity contribution in [3.05, 3.63) is 48.0 Å². The Morgan fingerprint density at radius 3 is 2.30 bits per heavy atom. The summed E-state index contributed by atoms with van der Waals surface area (Å²) in [5.41, 5.74) is 1.14. The third kappa shape index (κ3) is 4.39. The monoisotopic (exact) mass is 315 g/mol. The lowest BCUT2D eigenvalue weighted by Crippen LogP contribution is -2.13. The van der Waals surface area contributed by atoms with Crippen LogP contribution in [-0.2, 0) is 0 Å². The Labute approximate surface area is 136 Å². The number of carbonyl (C=O) groups is 1. The van der Waals surface area contributed by atoms with Gasteiger partial charge in [-0.05, 0) is 42.8 Å². The van der Waals surface area contributed by atoms with Gasteiger partial charge in [0.1, 0.15) is 17.2 Å². The molecule has 0 bridgehead atoms. The van der Waals surface area contributed by atoms with Crippen LogP contribution in [0, 0.1) is 0 Å². The predicted octanol–water partition coefficient (Wildman–Crippen LogP) is 3.74. The number of amides is 1. The largest absolute Gasteiger partial charge is 0.497 e. The smallest absolute Gasteiger partial charge is 0.259 e. The Hall–Kier alpha value is -2.69. The minimum atomic E-state index is -0.244. The zero-order valence-corrected chi connectivity index (χ0v) is 13.6. The Morgan fingerprint density at radius 1 is 1.00 bits per heavy atom. The highest BCUT2D eigenvalue weighted by molar-refractivity contribution is 6.06. The number of anilines is 1. The molecule has 0 aliphatic carbocycles. The number of carbonyl (C=O) groups excluding carboxylic acids is 1. The molecule has 0 aliphatic rings. The molecule has 23 heavy (non-hydrogen) atoms. The highest BCUT2D eigenvalue weighted by Gasteiger charge is 2.13. The zero-order valence-electron chi connectivity index (χ0n) is 13.6. The fourth-order valence-corrected chi connectivity index (χ4v) is 2.04. The van der Waals surface area contributed by atoms with Crippen LogP contribution in [0.5, 0.6) is 17.2 Å². The van der Waals surface area contributed by atoms with Gasteiger partial charge in [0.15, 0.2) is 0 Å². The zero-order chi connectivity index (χ0) is 16.7. The number of ether oxygens (including phenoxy) is 3. The van der Waals surface area contributed by atoms with Gasteiger partial charge in [0.2, 0.25) is 0 Å². The average molecular weight is 315 g/mol. The van der Waals surface area contributed by atoms with Crippen LogP contribution in [0.4, 0.5) is 5.69 Å². The Kier molecular flexibility index (Phi) is 5.86. The van der Waals surface area contributed by atoms with E-state index in [1.165, 1.54) is 7.11 Å². The van der Waals surface area contributed by atoms with E-state index >= 15 is 0 Å². The number of rotatable bonds is 7. The quantitative estimate of drug-likeness (QED) is 0.845. The molecule has 1 N–H and O–H groups in total. The average Bonchev–Trinajstić information content (AvgIpc) is 2.60. The van der Waals surface area contributed by atoms with Crippen molar-refractivity contribution in [3.8, 4) is 17.2 Å². The van der Waals surface area contributed by atoms with Crippen LogP contribution in [0.3, 0.4) is 0 Å². The van der Waals surface area contributed by atoms with E-state index in [1.54, 1.807) is 37.4 Å². The first-order valence-electron chi connectivity index (χ1n) is 7.44. The van der Waals surface area contributed by atoms with Crippen LogP contribution < -0.4 is 19.5 Å². The van der Waals surface area contributed by atoms with E-state index < -0.39 is 0 Å². The van der Waals surface area contributed by atoms with E-state index in [1.807, 2.05) is 12.1 Å². The molecular formula is C18H21NO4. The van der Waals surface area contributed by atoms with Gasteiger partial charge in [0.05, 0.1) is 26.4 Å². The van der Waals surface area contributed by atoms with Crippen molar-refractivity contribution in [1.29, 1.82) is 0 Å². The summed E-state index contributed by atoms with van der Waals surface area (Å²) in [7, 11) is 3.09. The number of hydrogen-bond acceptors (Lipinski definition) is 4. The molecule has 2 aromatic rings. The topological polar surface area (TPSA) is 56.8 Å². The lowest BCUT2D eigenvalue weighted by Gasteiger charge is -2.11. The van der Waals surface area contributed by atoms with Crippen molar-refractivity contribution in [3.63, 3.8) is 0 Å². The Bertz CT molecular complexity index is 653. The number of nitrogens with one attached hydrogen (secondary N) is 1. The molecule has 1 amide bonds. The number of methoxy groups -OCH3 is 2. The molecule has 2 aromatic carbocycles. The minimum absolute atomic E-state index is 0.244. The summed E-state index contributed by atoms with van der Waals surface area (Å²) in [6.45, 7) is 2.73. The van der Waals surface area contributed by atoms with Crippen molar-refractivity contribution in [2.75, 3.05) is 26.1 Å². The van der Waals surface area contributed by atoms with Crippen molar-refractivity contribution in [2.24, 2.45) is 0 Å². The van der Waals surface area contributed by atoms with Crippen LogP contribution >= 0.6 is 0 Å². The fraction of sp³-hybridized carbons (Fsp3) is 0.278. The third-order valence-electron chi connectivity index (χ3n) is 3.24. The Balaban J connectivity index is 2.09. The first-order valence-corrected chi connectivity index (χ1v) is 7.44. The van der Waals surface area contributed by atoms with Gasteiger partial charge in [-0.15, -0.1) is 0 Å². The molecule has 0 unspecified atom stereocenters. The van der Waals surface area contributed by atoms with E-state index in [0.29, 0.717) is 29.4 Å². The maximum Gasteiger partial charge on any atom is 0.259 e. The second-order valence-corrected chi connectivity index (χ2v) is 4.89. The van der Waals surface area contributed by atoms with Crippen LogP contribution in [0.2, 0.25) is 0 Å². The van der Waals surface area contributed by atoms with Gasteiger partial charge >= 0.3 is 0 Å². The highest BCUT2D eigenvalue weighted by atomic mass is 16.5. The van der Waals surface area contributed by atoms with E-state index in [4.69, 9.17) is 14.2 Å². The molecule has 0 aliphatic heterocycles. The number of hydrogen-bond donors (Lipinski definition) is 1. The summed E-state index contributed by atoms with van der Waals surface area (Å²) in [6.07, 6.45) is 0.954. The Morgan fingerprint density at radius 2 is 1.70 bits per heavy atom. The summed E-state index contributed by atoms with van der Waals surface area (Å²) in [5.74, 6) is 1.64. The minimum Gasteiger partial charge on any atom is -0.497 e. The standard InChI is InChI=1S/C18H21NO4/c1-4-11-23-14-7-5-13(6-8-14)19-18(20)16-10-9-15(21-2)12-17(16)22-3/h5-10,12H,4,11H2,1-3H3,(H,19,20). The van der Waals surface area contributed by atoms with Gasteiger partial charge in [0.25, 0.3) is 5.91 Å². The van der Waals surface area contributed by atoms with Crippen molar-refractivity contribution in [2.45, 2.75) is 13.3 Å². The summed E-state index contributed by atoms with van der Waals surface area (Å²) < 4.78 is 15.9. The first-order chi connectivity index (χ1) is 11.2. The van der Waals surface area contributed by atoms with E-state index in [9.17, 15) is 4.79 Å². The van der Waals surface area contributed by atoms with Crippen molar-refractivity contribution >= 4 is 11.6 Å². The van der Waals surface area contributed by atoms with Gasteiger partial charge < -0.3 is 19.5 Å². The first kappa shape index (κ1) is 16.7. The summed E-state index contributed by atoms with van der Waals surface area (Å²) >= 11 is 0. The third-order valence-corrected chi connectivity index (χ3v) is 3.24. The second-order valence-electron chi connectivity index (χ2n) is 4.89. The second kappa shape index (κ2) is 8.08. The molecule has 2 rings (SSSR count). The molecule has 0 saturated heterocycles. The molecule has 122 valence electrons. The van der Waals surface area contributed by atoms with Crippen LogP contribution in [0.15, 0.2) is 42.5 Å². The molecule has 0 aromatic heterocycles. The van der Waals surface area contributed by atoms with Crippen LogP contribution in [0.25, 0.3) is 0 Å². The van der Waals surface area contributed by atoms with Crippen LogP contribution in [-0.4, -0.2) is 26.7 Å².